The lowest BCUT2D eigenvalue weighted by molar-refractivity contribution is -0.136. The zero-order valence-corrected chi connectivity index (χ0v) is 19.7. The first kappa shape index (κ1) is 22.6. The van der Waals surface area contributed by atoms with Crippen molar-refractivity contribution in [3.63, 3.8) is 0 Å². The predicted molar refractivity (Wildman–Crippen MR) is 119 cm³/mol. The summed E-state index contributed by atoms with van der Waals surface area (Å²) < 4.78 is 24.3. The van der Waals surface area contributed by atoms with Crippen LogP contribution in [0, 0.1) is 17.3 Å². The van der Waals surface area contributed by atoms with Gasteiger partial charge in [-0.15, -0.1) is 0 Å². The molecule has 0 spiro atoms. The highest BCUT2D eigenvalue weighted by Crippen LogP contribution is 2.60. The Morgan fingerprint density at radius 1 is 1.24 bits per heavy atom. The van der Waals surface area contributed by atoms with E-state index < -0.39 is 9.84 Å². The van der Waals surface area contributed by atoms with Crippen LogP contribution in [-0.2, 0) is 21.2 Å². The molecule has 3 rings (SSSR count). The third-order valence-corrected chi connectivity index (χ3v) is 8.42. The van der Waals surface area contributed by atoms with Crippen LogP contribution in [0.5, 0.6) is 0 Å². The molecule has 0 N–H and O–H groups in total. The summed E-state index contributed by atoms with van der Waals surface area (Å²) in [6.07, 6.45) is 2.22. The number of benzene rings is 1. The molecule has 1 aromatic carbocycles. The Bertz CT molecular complexity index is 902. The molecule has 2 fully saturated rings. The Labute approximate surface area is 184 Å². The number of nitrogens with zero attached hydrogens (tertiary/aromatic N) is 1. The van der Waals surface area contributed by atoms with Crippen LogP contribution in [0.25, 0.3) is 0 Å². The number of amides is 1. The second-order valence-corrected chi connectivity index (χ2v) is 12.4. The number of carbonyl (C=O) groups is 1. The van der Waals surface area contributed by atoms with E-state index in [0.717, 1.165) is 5.56 Å². The van der Waals surface area contributed by atoms with Gasteiger partial charge in [0.25, 0.3) is 0 Å². The van der Waals surface area contributed by atoms with E-state index in [9.17, 15) is 13.2 Å². The molecule has 0 bridgehead atoms. The smallest absolute Gasteiger partial charge is 0.227 e. The summed E-state index contributed by atoms with van der Waals surface area (Å²) in [6, 6.07) is 7.93. The molecule has 3 atom stereocenters. The summed E-state index contributed by atoms with van der Waals surface area (Å²) in [4.78, 5) is 15.3. The third kappa shape index (κ3) is 5.00. The van der Waals surface area contributed by atoms with Crippen molar-refractivity contribution in [1.82, 2.24) is 4.90 Å². The fourth-order valence-electron chi connectivity index (χ4n) is 4.39. The predicted octanol–water partition coefficient (Wildman–Crippen LogP) is 4.92. The molecule has 7 heteroatoms. The molecule has 1 saturated carbocycles. The van der Waals surface area contributed by atoms with E-state index >= 15 is 0 Å². The van der Waals surface area contributed by atoms with E-state index in [4.69, 9.17) is 23.2 Å². The fourth-order valence-corrected chi connectivity index (χ4v) is 6.39. The number of carbonyl (C=O) groups excluding carboxylic acids is 1. The average molecular weight is 458 g/mol. The van der Waals surface area contributed by atoms with E-state index in [-0.39, 0.29) is 45.2 Å². The van der Waals surface area contributed by atoms with Gasteiger partial charge in [0, 0.05) is 12.6 Å². The van der Waals surface area contributed by atoms with Gasteiger partial charge >= 0.3 is 0 Å². The zero-order chi connectivity index (χ0) is 21.6. The number of halogens is 2. The lowest BCUT2D eigenvalue weighted by Crippen LogP contribution is -2.42. The van der Waals surface area contributed by atoms with E-state index in [0.29, 0.717) is 18.9 Å². The standard InChI is InChI=1S/C22H29Cl2NO3S/c1-14(2)16-7-5-15(6-8-16)12-25(17-9-10-29(27,28)13-17)21(26)20-18(11-19(23)24)22(20,3)4/h5-8,11,14,17-18,20H,9-10,12-13H2,1-4H3/t17-,18-,20-/m1/s1. The number of rotatable bonds is 6. The number of allylic oxidation sites excluding steroid dienone is 1. The third-order valence-electron chi connectivity index (χ3n) is 6.41. The van der Waals surface area contributed by atoms with Gasteiger partial charge in [0.2, 0.25) is 5.91 Å². The molecule has 1 amide bonds. The van der Waals surface area contributed by atoms with Gasteiger partial charge in [0.1, 0.15) is 4.49 Å². The minimum Gasteiger partial charge on any atom is -0.334 e. The first-order valence-corrected chi connectivity index (χ1v) is 12.6. The Kier molecular flexibility index (Phi) is 6.43. The Hall–Kier alpha value is -1.04. The number of hydrogen-bond acceptors (Lipinski definition) is 3. The van der Waals surface area contributed by atoms with Crippen LogP contribution in [0.2, 0.25) is 0 Å². The first-order chi connectivity index (χ1) is 13.4. The van der Waals surface area contributed by atoms with Crippen LogP contribution in [0.1, 0.15) is 51.2 Å². The summed E-state index contributed by atoms with van der Waals surface area (Å²) >= 11 is 11.7. The molecule has 4 nitrogen and oxygen atoms in total. The summed E-state index contributed by atoms with van der Waals surface area (Å²) in [5.41, 5.74) is 2.00. The lowest BCUT2D eigenvalue weighted by Gasteiger charge is -2.29. The summed E-state index contributed by atoms with van der Waals surface area (Å²) in [7, 11) is -3.10. The van der Waals surface area contributed by atoms with Gasteiger partial charge in [0.05, 0.1) is 17.4 Å². The second-order valence-electron chi connectivity index (χ2n) is 9.20. The van der Waals surface area contributed by atoms with Crippen molar-refractivity contribution >= 4 is 38.9 Å². The van der Waals surface area contributed by atoms with Crippen LogP contribution in [0.15, 0.2) is 34.8 Å². The van der Waals surface area contributed by atoms with E-state index in [1.54, 1.807) is 11.0 Å². The molecule has 0 aromatic heterocycles. The molecule has 29 heavy (non-hydrogen) atoms. The summed E-state index contributed by atoms with van der Waals surface area (Å²) in [5, 5.41) is 0. The van der Waals surface area contributed by atoms with Gasteiger partial charge in [-0.05, 0) is 40.9 Å². The van der Waals surface area contributed by atoms with Gasteiger partial charge in [-0.25, -0.2) is 8.42 Å². The van der Waals surface area contributed by atoms with Gasteiger partial charge in [-0.2, -0.15) is 0 Å². The van der Waals surface area contributed by atoms with Crippen molar-refractivity contribution < 1.29 is 13.2 Å². The minimum absolute atomic E-state index is 0.0131. The van der Waals surface area contributed by atoms with Gasteiger partial charge in [0.15, 0.2) is 9.84 Å². The highest BCUT2D eigenvalue weighted by molar-refractivity contribution is 7.91. The molecule has 1 aromatic rings. The molecule has 0 unspecified atom stereocenters. The van der Waals surface area contributed by atoms with Crippen molar-refractivity contribution in [3.05, 3.63) is 46.0 Å². The van der Waals surface area contributed by atoms with E-state index in [2.05, 4.69) is 26.0 Å². The molecular weight excluding hydrogens is 429 g/mol. The van der Waals surface area contributed by atoms with Crippen molar-refractivity contribution in [2.45, 2.75) is 52.6 Å². The van der Waals surface area contributed by atoms with Gasteiger partial charge in [-0.1, -0.05) is 75.2 Å². The Morgan fingerprint density at radius 3 is 2.34 bits per heavy atom. The fraction of sp³-hybridized carbons (Fsp3) is 0.591. The topological polar surface area (TPSA) is 54.5 Å². The van der Waals surface area contributed by atoms with Crippen LogP contribution < -0.4 is 0 Å². The second kappa shape index (κ2) is 8.24. The maximum atomic E-state index is 13.5. The number of hydrogen-bond donors (Lipinski definition) is 0. The van der Waals surface area contributed by atoms with Crippen molar-refractivity contribution in [2.75, 3.05) is 11.5 Å². The van der Waals surface area contributed by atoms with Crippen LogP contribution in [-0.4, -0.2) is 36.8 Å². The largest absolute Gasteiger partial charge is 0.334 e. The summed E-state index contributed by atoms with van der Waals surface area (Å²) in [5.74, 6) is 0.311. The molecular formula is C22H29Cl2NO3S. The maximum Gasteiger partial charge on any atom is 0.227 e. The van der Waals surface area contributed by atoms with Crippen LogP contribution >= 0.6 is 23.2 Å². The molecule has 2 aliphatic rings. The SMILES string of the molecule is CC(C)c1ccc(CN(C(=O)[C@H]2[C@@H](C=C(Cl)Cl)C2(C)C)[C@@H]2CCS(=O)(=O)C2)cc1. The van der Waals surface area contributed by atoms with Crippen LogP contribution in [0.4, 0.5) is 0 Å². The monoisotopic (exact) mass is 457 g/mol. The quantitative estimate of drug-likeness (QED) is 0.608. The zero-order valence-electron chi connectivity index (χ0n) is 17.4. The minimum atomic E-state index is -3.10. The summed E-state index contributed by atoms with van der Waals surface area (Å²) in [6.45, 7) is 8.73. The lowest BCUT2D eigenvalue weighted by atomic mass is 10.0. The normalized spacial score (nSPS) is 26.9. The highest BCUT2D eigenvalue weighted by Gasteiger charge is 2.62. The molecule has 1 heterocycles. The average Bonchev–Trinajstić information content (AvgIpc) is 2.94. The molecule has 160 valence electrons. The van der Waals surface area contributed by atoms with Gasteiger partial charge in [-0.3, -0.25) is 4.79 Å². The molecule has 1 aliphatic heterocycles. The molecule has 0 radical (unpaired) electrons. The van der Waals surface area contributed by atoms with E-state index in [1.807, 2.05) is 26.0 Å². The highest BCUT2D eigenvalue weighted by atomic mass is 35.5. The Morgan fingerprint density at radius 2 is 1.86 bits per heavy atom. The number of sulfone groups is 1. The maximum absolute atomic E-state index is 13.5. The van der Waals surface area contributed by atoms with Crippen LogP contribution in [0.3, 0.4) is 0 Å². The van der Waals surface area contributed by atoms with E-state index in [1.165, 1.54) is 5.56 Å². The van der Waals surface area contributed by atoms with Gasteiger partial charge < -0.3 is 4.90 Å². The van der Waals surface area contributed by atoms with Crippen molar-refractivity contribution in [1.29, 1.82) is 0 Å². The van der Waals surface area contributed by atoms with Crippen molar-refractivity contribution in [3.8, 4) is 0 Å². The van der Waals surface area contributed by atoms with Crippen molar-refractivity contribution in [2.24, 2.45) is 17.3 Å². The molecule has 1 aliphatic carbocycles. The molecule has 1 saturated heterocycles. The first-order valence-electron chi connectivity index (χ1n) is 10.0. The Balaban J connectivity index is 1.86.